The lowest BCUT2D eigenvalue weighted by atomic mass is 10.2. The number of nitrogens with one attached hydrogen (secondary N) is 2. The molecular formula is C11H9BrClN3O. The molecule has 0 aliphatic carbocycles. The van der Waals surface area contributed by atoms with Crippen LogP contribution in [0.2, 0.25) is 5.02 Å². The summed E-state index contributed by atoms with van der Waals surface area (Å²) in [5.41, 5.74) is 1.40. The van der Waals surface area contributed by atoms with E-state index in [9.17, 15) is 4.79 Å². The summed E-state index contributed by atoms with van der Waals surface area (Å²) in [5.74, 6) is -0.164. The number of hydrogen-bond acceptors (Lipinski definition) is 2. The number of aromatic amines is 1. The smallest absolute Gasteiger partial charge is 0.252 e. The van der Waals surface area contributed by atoms with Gasteiger partial charge in [-0.15, -0.1) is 0 Å². The Morgan fingerprint density at radius 1 is 1.47 bits per heavy atom. The van der Waals surface area contributed by atoms with Gasteiger partial charge in [0.15, 0.2) is 0 Å². The fraction of sp³-hybridized carbons (Fsp3) is 0.0909. The topological polar surface area (TPSA) is 57.8 Å². The zero-order valence-electron chi connectivity index (χ0n) is 8.71. The quantitative estimate of drug-likeness (QED) is 0.915. The molecular weight excluding hydrogens is 305 g/mol. The second kappa shape index (κ2) is 5.33. The first kappa shape index (κ1) is 12.1. The van der Waals surface area contributed by atoms with Crippen molar-refractivity contribution in [3.05, 3.63) is 51.2 Å². The lowest BCUT2D eigenvalue weighted by Crippen LogP contribution is -2.23. The zero-order chi connectivity index (χ0) is 12.3. The first-order valence-electron chi connectivity index (χ1n) is 4.88. The Kier molecular flexibility index (Phi) is 3.81. The summed E-state index contributed by atoms with van der Waals surface area (Å²) in [5, 5.41) is 9.93. The minimum atomic E-state index is -0.164. The molecule has 1 aromatic heterocycles. The van der Waals surface area contributed by atoms with Crippen molar-refractivity contribution in [3.63, 3.8) is 0 Å². The van der Waals surface area contributed by atoms with Crippen LogP contribution >= 0.6 is 27.5 Å². The zero-order valence-corrected chi connectivity index (χ0v) is 11.0. The molecule has 88 valence electrons. The Bertz CT molecular complexity index is 528. The van der Waals surface area contributed by atoms with Crippen molar-refractivity contribution in [2.75, 3.05) is 0 Å². The number of amides is 1. The van der Waals surface area contributed by atoms with Crippen molar-refractivity contribution in [1.82, 2.24) is 15.5 Å². The van der Waals surface area contributed by atoms with Crippen LogP contribution in [0.5, 0.6) is 0 Å². The standard InChI is InChI=1S/C11H9BrClN3O/c12-10-5-7(13)1-2-9(10)11(17)14-6-8-3-4-15-16-8/h1-5H,6H2,(H,14,17)(H,15,16). The monoisotopic (exact) mass is 313 g/mol. The van der Waals surface area contributed by atoms with E-state index in [1.807, 2.05) is 0 Å². The fourth-order valence-corrected chi connectivity index (χ4v) is 2.19. The lowest BCUT2D eigenvalue weighted by Gasteiger charge is -2.05. The molecule has 0 spiro atoms. The Morgan fingerprint density at radius 3 is 2.94 bits per heavy atom. The Labute approximate surface area is 111 Å². The van der Waals surface area contributed by atoms with Gasteiger partial charge in [-0.3, -0.25) is 9.89 Å². The molecule has 0 fully saturated rings. The van der Waals surface area contributed by atoms with E-state index in [2.05, 4.69) is 31.4 Å². The van der Waals surface area contributed by atoms with Crippen molar-refractivity contribution in [2.24, 2.45) is 0 Å². The van der Waals surface area contributed by atoms with Gasteiger partial charge in [-0.1, -0.05) is 11.6 Å². The first-order valence-corrected chi connectivity index (χ1v) is 6.05. The third-order valence-corrected chi connectivity index (χ3v) is 3.06. The molecule has 2 aromatic rings. The molecule has 4 nitrogen and oxygen atoms in total. The van der Waals surface area contributed by atoms with Crippen molar-refractivity contribution < 1.29 is 4.79 Å². The van der Waals surface area contributed by atoms with Gasteiger partial charge in [-0.25, -0.2) is 0 Å². The molecule has 2 N–H and O–H groups in total. The predicted octanol–water partition coefficient (Wildman–Crippen LogP) is 2.76. The minimum Gasteiger partial charge on any atom is -0.346 e. The normalized spacial score (nSPS) is 10.2. The third kappa shape index (κ3) is 3.08. The summed E-state index contributed by atoms with van der Waals surface area (Å²) in [6, 6.07) is 6.84. The summed E-state index contributed by atoms with van der Waals surface area (Å²) in [4.78, 5) is 11.9. The number of nitrogens with zero attached hydrogens (tertiary/aromatic N) is 1. The van der Waals surface area contributed by atoms with Crippen LogP contribution in [0.4, 0.5) is 0 Å². The van der Waals surface area contributed by atoms with Crippen LogP contribution in [0, 0.1) is 0 Å². The largest absolute Gasteiger partial charge is 0.346 e. The number of benzene rings is 1. The van der Waals surface area contributed by atoms with Gasteiger partial charge in [0.2, 0.25) is 0 Å². The van der Waals surface area contributed by atoms with Crippen LogP contribution < -0.4 is 5.32 Å². The van der Waals surface area contributed by atoms with Crippen molar-refractivity contribution in [3.8, 4) is 0 Å². The average molecular weight is 315 g/mol. The van der Waals surface area contributed by atoms with Crippen LogP contribution in [0.1, 0.15) is 16.1 Å². The molecule has 6 heteroatoms. The molecule has 0 unspecified atom stereocenters. The van der Waals surface area contributed by atoms with Crippen LogP contribution in [0.3, 0.4) is 0 Å². The van der Waals surface area contributed by atoms with Crippen molar-refractivity contribution >= 4 is 33.4 Å². The summed E-state index contributed by atoms with van der Waals surface area (Å²) < 4.78 is 0.673. The maximum atomic E-state index is 11.9. The number of halogens is 2. The van der Waals surface area contributed by atoms with E-state index < -0.39 is 0 Å². The number of carbonyl (C=O) groups excluding carboxylic acids is 1. The number of H-pyrrole nitrogens is 1. The third-order valence-electron chi connectivity index (χ3n) is 2.17. The maximum absolute atomic E-state index is 11.9. The van der Waals surface area contributed by atoms with Gasteiger partial charge >= 0.3 is 0 Å². The highest BCUT2D eigenvalue weighted by Crippen LogP contribution is 2.21. The molecule has 0 bridgehead atoms. The number of aromatic nitrogens is 2. The van der Waals surface area contributed by atoms with Crippen LogP contribution in [0.15, 0.2) is 34.9 Å². The summed E-state index contributed by atoms with van der Waals surface area (Å²) in [6.07, 6.45) is 1.64. The summed E-state index contributed by atoms with van der Waals surface area (Å²) in [6.45, 7) is 0.411. The number of hydrogen-bond donors (Lipinski definition) is 2. The van der Waals surface area contributed by atoms with Gasteiger partial charge in [0, 0.05) is 15.7 Å². The van der Waals surface area contributed by atoms with Crippen molar-refractivity contribution in [1.29, 1.82) is 0 Å². The summed E-state index contributed by atoms with van der Waals surface area (Å²) in [7, 11) is 0. The summed E-state index contributed by atoms with van der Waals surface area (Å²) >= 11 is 9.11. The van der Waals surface area contributed by atoms with Gasteiger partial charge in [0.25, 0.3) is 5.91 Å². The molecule has 0 aliphatic heterocycles. The van der Waals surface area contributed by atoms with E-state index in [4.69, 9.17) is 11.6 Å². The van der Waals surface area contributed by atoms with Gasteiger partial charge < -0.3 is 5.32 Å². The van der Waals surface area contributed by atoms with Crippen LogP contribution in [-0.4, -0.2) is 16.1 Å². The first-order chi connectivity index (χ1) is 8.16. The maximum Gasteiger partial charge on any atom is 0.252 e. The van der Waals surface area contributed by atoms with Gasteiger partial charge in [0.05, 0.1) is 17.8 Å². The SMILES string of the molecule is O=C(NCc1ccn[nH]1)c1ccc(Cl)cc1Br. The van der Waals surface area contributed by atoms with Crippen LogP contribution in [0.25, 0.3) is 0 Å². The Hall–Kier alpha value is -1.33. The van der Waals surface area contributed by atoms with Gasteiger partial charge in [-0.2, -0.15) is 5.10 Å². The molecule has 2 rings (SSSR count). The molecule has 0 saturated heterocycles. The van der Waals surface area contributed by atoms with E-state index in [0.717, 1.165) is 5.69 Å². The van der Waals surface area contributed by atoms with E-state index in [1.165, 1.54) is 0 Å². The van der Waals surface area contributed by atoms with E-state index in [-0.39, 0.29) is 5.91 Å². The molecule has 0 atom stereocenters. The second-order valence-corrected chi connectivity index (χ2v) is 4.68. The highest BCUT2D eigenvalue weighted by Gasteiger charge is 2.09. The highest BCUT2D eigenvalue weighted by molar-refractivity contribution is 9.10. The number of carbonyl (C=O) groups is 1. The van der Waals surface area contributed by atoms with Crippen LogP contribution in [-0.2, 0) is 6.54 Å². The molecule has 0 saturated carbocycles. The highest BCUT2D eigenvalue weighted by atomic mass is 79.9. The molecule has 0 radical (unpaired) electrons. The Morgan fingerprint density at radius 2 is 2.29 bits per heavy atom. The predicted molar refractivity (Wildman–Crippen MR) is 68.9 cm³/mol. The fourth-order valence-electron chi connectivity index (χ4n) is 1.33. The number of rotatable bonds is 3. The van der Waals surface area contributed by atoms with E-state index >= 15 is 0 Å². The molecule has 1 amide bonds. The lowest BCUT2D eigenvalue weighted by molar-refractivity contribution is 0.0949. The molecule has 1 heterocycles. The van der Waals surface area contributed by atoms with Gasteiger partial charge in [-0.05, 0) is 40.2 Å². The molecule has 1 aromatic carbocycles. The second-order valence-electron chi connectivity index (χ2n) is 3.39. The van der Waals surface area contributed by atoms with Crippen molar-refractivity contribution in [2.45, 2.75) is 6.54 Å². The van der Waals surface area contributed by atoms with E-state index in [0.29, 0.717) is 21.6 Å². The molecule has 0 aliphatic rings. The minimum absolute atomic E-state index is 0.164. The van der Waals surface area contributed by atoms with Gasteiger partial charge in [0.1, 0.15) is 0 Å². The van der Waals surface area contributed by atoms with E-state index in [1.54, 1.807) is 30.5 Å². The Balaban J connectivity index is 2.04. The average Bonchev–Trinajstić information content (AvgIpc) is 2.78. The molecule has 17 heavy (non-hydrogen) atoms.